The van der Waals surface area contributed by atoms with Gasteiger partial charge in [-0.2, -0.15) is 0 Å². The lowest BCUT2D eigenvalue weighted by atomic mass is 9.98. The zero-order valence-corrected chi connectivity index (χ0v) is 19.4. The molecule has 3 aromatic carbocycles. The Labute approximate surface area is 201 Å². The lowest BCUT2D eigenvalue weighted by Gasteiger charge is -2.43. The molecule has 0 amide bonds. The Balaban J connectivity index is 1.44. The van der Waals surface area contributed by atoms with Crippen LogP contribution in [0.4, 0.5) is 0 Å². The van der Waals surface area contributed by atoms with Crippen LogP contribution in [-0.2, 0) is 43.5 Å². The lowest BCUT2D eigenvalue weighted by Crippen LogP contribution is -2.60. The monoisotopic (exact) mass is 464 g/mol. The first-order valence-corrected chi connectivity index (χ1v) is 11.5. The smallest absolute Gasteiger partial charge is 0.186 e. The van der Waals surface area contributed by atoms with Crippen molar-refractivity contribution in [2.45, 2.75) is 50.5 Å². The van der Waals surface area contributed by atoms with Gasteiger partial charge in [0, 0.05) is 7.11 Å². The van der Waals surface area contributed by atoms with Gasteiger partial charge in [0.2, 0.25) is 0 Å². The minimum absolute atomic E-state index is 0.247. The van der Waals surface area contributed by atoms with E-state index in [2.05, 4.69) is 0 Å². The summed E-state index contributed by atoms with van der Waals surface area (Å²) in [4.78, 5) is 0. The molecule has 5 atom stereocenters. The maximum absolute atomic E-state index is 11.3. The number of hydrogen-bond acceptors (Lipinski definition) is 6. The van der Waals surface area contributed by atoms with E-state index in [1.165, 1.54) is 0 Å². The Kier molecular flexibility index (Phi) is 9.21. The zero-order chi connectivity index (χ0) is 23.6. The highest BCUT2D eigenvalue weighted by Crippen LogP contribution is 2.28. The summed E-state index contributed by atoms with van der Waals surface area (Å²) < 4.78 is 29.9. The van der Waals surface area contributed by atoms with Crippen molar-refractivity contribution >= 4 is 0 Å². The molecule has 1 aliphatic heterocycles. The Morgan fingerprint density at radius 3 is 1.65 bits per heavy atom. The third-order valence-corrected chi connectivity index (χ3v) is 5.81. The van der Waals surface area contributed by atoms with Crippen LogP contribution in [0.1, 0.15) is 16.7 Å². The summed E-state index contributed by atoms with van der Waals surface area (Å²) in [6.45, 7) is 1.35. The van der Waals surface area contributed by atoms with Crippen LogP contribution in [0.2, 0.25) is 0 Å². The van der Waals surface area contributed by atoms with Crippen LogP contribution in [0.15, 0.2) is 91.0 Å². The van der Waals surface area contributed by atoms with E-state index in [-0.39, 0.29) is 6.61 Å². The van der Waals surface area contributed by atoms with Gasteiger partial charge in [0.25, 0.3) is 0 Å². The quantitative estimate of drug-likeness (QED) is 0.461. The second kappa shape index (κ2) is 12.8. The number of hydrogen-bond donors (Lipinski definition) is 1. The number of aliphatic hydroxyl groups is 1. The van der Waals surface area contributed by atoms with Crippen molar-refractivity contribution in [3.63, 3.8) is 0 Å². The fraction of sp³-hybridized carbons (Fsp3) is 0.357. The molecule has 6 heteroatoms. The summed E-state index contributed by atoms with van der Waals surface area (Å²) in [6.07, 6.45) is -3.60. The van der Waals surface area contributed by atoms with Crippen LogP contribution >= 0.6 is 0 Å². The molecule has 0 bridgehead atoms. The molecule has 180 valence electrons. The van der Waals surface area contributed by atoms with E-state index in [0.29, 0.717) is 19.8 Å². The molecule has 1 fully saturated rings. The summed E-state index contributed by atoms with van der Waals surface area (Å²) in [6, 6.07) is 29.6. The molecule has 0 saturated carbocycles. The first-order valence-electron chi connectivity index (χ1n) is 11.5. The van der Waals surface area contributed by atoms with Gasteiger partial charge in [-0.25, -0.2) is 0 Å². The number of aliphatic hydroxyl groups excluding tert-OH is 1. The summed E-state index contributed by atoms with van der Waals surface area (Å²) in [5, 5.41) is 11.3. The standard InChI is InChI=1S/C28H32O6/c1-30-28-27(33-19-23-15-9-4-10-16-23)25(29)26(32-18-22-13-7-3-8-14-22)24(34-28)20-31-17-21-11-5-2-6-12-21/h2-16,24-29H,17-20H2,1H3. The van der Waals surface area contributed by atoms with Gasteiger partial charge in [0.15, 0.2) is 6.29 Å². The lowest BCUT2D eigenvalue weighted by molar-refractivity contribution is -0.315. The average molecular weight is 465 g/mol. The van der Waals surface area contributed by atoms with E-state index in [4.69, 9.17) is 23.7 Å². The molecule has 1 heterocycles. The summed E-state index contributed by atoms with van der Waals surface area (Å²) >= 11 is 0. The van der Waals surface area contributed by atoms with Crippen LogP contribution in [-0.4, -0.2) is 49.5 Å². The second-order valence-corrected chi connectivity index (χ2v) is 8.29. The average Bonchev–Trinajstić information content (AvgIpc) is 2.89. The zero-order valence-electron chi connectivity index (χ0n) is 19.4. The van der Waals surface area contributed by atoms with Gasteiger partial charge in [-0.05, 0) is 16.7 Å². The molecule has 0 radical (unpaired) electrons. The molecule has 0 aromatic heterocycles. The number of methoxy groups -OCH3 is 1. The van der Waals surface area contributed by atoms with Crippen molar-refractivity contribution in [1.82, 2.24) is 0 Å². The van der Waals surface area contributed by atoms with Gasteiger partial charge < -0.3 is 28.8 Å². The van der Waals surface area contributed by atoms with Gasteiger partial charge in [-0.15, -0.1) is 0 Å². The minimum atomic E-state index is -0.962. The third kappa shape index (κ3) is 6.73. The fourth-order valence-electron chi connectivity index (χ4n) is 4.00. The Morgan fingerprint density at radius 2 is 1.15 bits per heavy atom. The van der Waals surface area contributed by atoms with Crippen molar-refractivity contribution < 1.29 is 28.8 Å². The van der Waals surface area contributed by atoms with Gasteiger partial charge in [0.05, 0.1) is 26.4 Å². The highest BCUT2D eigenvalue weighted by atomic mass is 16.7. The van der Waals surface area contributed by atoms with Gasteiger partial charge in [-0.3, -0.25) is 0 Å². The number of rotatable bonds is 11. The van der Waals surface area contributed by atoms with E-state index >= 15 is 0 Å². The summed E-state index contributed by atoms with van der Waals surface area (Å²) in [5.41, 5.74) is 3.07. The van der Waals surface area contributed by atoms with Crippen molar-refractivity contribution in [3.8, 4) is 0 Å². The van der Waals surface area contributed by atoms with E-state index in [0.717, 1.165) is 16.7 Å². The van der Waals surface area contributed by atoms with Crippen LogP contribution < -0.4 is 0 Å². The van der Waals surface area contributed by atoms with E-state index in [1.807, 2.05) is 91.0 Å². The summed E-state index contributed by atoms with van der Waals surface area (Å²) in [7, 11) is 1.54. The van der Waals surface area contributed by atoms with Crippen LogP contribution in [0, 0.1) is 0 Å². The molecular weight excluding hydrogens is 432 g/mol. The predicted octanol–water partition coefficient (Wildman–Crippen LogP) is 4.11. The molecule has 1 N–H and O–H groups in total. The van der Waals surface area contributed by atoms with E-state index in [1.54, 1.807) is 7.11 Å². The second-order valence-electron chi connectivity index (χ2n) is 8.29. The molecule has 1 aliphatic rings. The molecule has 6 nitrogen and oxygen atoms in total. The number of ether oxygens (including phenoxy) is 5. The summed E-state index contributed by atoms with van der Waals surface area (Å²) in [5.74, 6) is 0. The Bertz CT molecular complexity index is 950. The first kappa shape index (κ1) is 24.5. The molecular formula is C28H32O6. The van der Waals surface area contributed by atoms with Crippen LogP contribution in [0.5, 0.6) is 0 Å². The maximum Gasteiger partial charge on any atom is 0.186 e. The molecule has 5 unspecified atom stereocenters. The SMILES string of the molecule is COC1OC(COCc2ccccc2)C(OCc2ccccc2)C(O)C1OCc1ccccc1. The van der Waals surface area contributed by atoms with Crippen molar-refractivity contribution in [3.05, 3.63) is 108 Å². The molecule has 0 spiro atoms. The third-order valence-electron chi connectivity index (χ3n) is 5.81. The predicted molar refractivity (Wildman–Crippen MR) is 128 cm³/mol. The molecule has 1 saturated heterocycles. The topological polar surface area (TPSA) is 66.4 Å². The molecule has 0 aliphatic carbocycles. The van der Waals surface area contributed by atoms with Crippen LogP contribution in [0.3, 0.4) is 0 Å². The van der Waals surface area contributed by atoms with Crippen LogP contribution in [0.25, 0.3) is 0 Å². The molecule has 34 heavy (non-hydrogen) atoms. The maximum atomic E-state index is 11.3. The Hall–Kier alpha value is -2.58. The normalized spacial score (nSPS) is 24.7. The Morgan fingerprint density at radius 1 is 0.676 bits per heavy atom. The van der Waals surface area contributed by atoms with Crippen molar-refractivity contribution in [2.24, 2.45) is 0 Å². The van der Waals surface area contributed by atoms with Gasteiger partial charge in [0.1, 0.15) is 24.4 Å². The largest absolute Gasteiger partial charge is 0.387 e. The van der Waals surface area contributed by atoms with Gasteiger partial charge >= 0.3 is 0 Å². The first-order chi connectivity index (χ1) is 16.7. The highest BCUT2D eigenvalue weighted by Gasteiger charge is 2.47. The number of benzene rings is 3. The molecule has 4 rings (SSSR count). The van der Waals surface area contributed by atoms with E-state index in [9.17, 15) is 5.11 Å². The van der Waals surface area contributed by atoms with E-state index < -0.39 is 30.7 Å². The minimum Gasteiger partial charge on any atom is -0.387 e. The highest BCUT2D eigenvalue weighted by molar-refractivity contribution is 5.15. The van der Waals surface area contributed by atoms with Crippen molar-refractivity contribution in [2.75, 3.05) is 13.7 Å². The van der Waals surface area contributed by atoms with Crippen molar-refractivity contribution in [1.29, 1.82) is 0 Å². The molecule has 3 aromatic rings. The fourth-order valence-corrected chi connectivity index (χ4v) is 4.00. The van der Waals surface area contributed by atoms with Gasteiger partial charge in [-0.1, -0.05) is 91.0 Å².